The lowest BCUT2D eigenvalue weighted by Gasteiger charge is -2.08. The van der Waals surface area contributed by atoms with Crippen LogP contribution in [0, 0.1) is 21.4 Å². The van der Waals surface area contributed by atoms with Gasteiger partial charge in [-0.1, -0.05) is 42.5 Å². The summed E-state index contributed by atoms with van der Waals surface area (Å²) < 4.78 is 0. The average Bonchev–Trinajstić information content (AvgIpc) is 2.67. The van der Waals surface area contributed by atoms with Gasteiger partial charge in [-0.25, -0.2) is 0 Å². The zero-order valence-corrected chi connectivity index (χ0v) is 13.7. The summed E-state index contributed by atoms with van der Waals surface area (Å²) in [5, 5.41) is 38.1. The Labute approximate surface area is 152 Å². The number of nitro benzene ring substituents is 1. The van der Waals surface area contributed by atoms with Crippen molar-refractivity contribution in [1.29, 1.82) is 5.26 Å². The number of azo groups is 1. The molecule has 132 valence electrons. The zero-order chi connectivity index (χ0) is 19.4. The van der Waals surface area contributed by atoms with Crippen LogP contribution in [0.25, 0.3) is 11.1 Å². The molecule has 2 aromatic carbocycles. The molecule has 0 saturated carbocycles. The minimum atomic E-state index is -0.785. The lowest BCUT2D eigenvalue weighted by atomic mass is 10.00. The number of hydrogen-bond donors (Lipinski definition) is 2. The third-order valence-corrected chi connectivity index (χ3v) is 3.68. The predicted molar refractivity (Wildman–Crippen MR) is 96.2 cm³/mol. The molecule has 0 amide bonds. The molecule has 0 aliphatic carbocycles. The van der Waals surface area contributed by atoms with Crippen LogP contribution in [0.4, 0.5) is 17.1 Å². The van der Waals surface area contributed by atoms with E-state index in [1.165, 1.54) is 18.2 Å². The first-order valence-electron chi connectivity index (χ1n) is 7.63. The SMILES string of the molecule is N#Cc1c(O)[nH]c(=O)c(N=Nc2ccccc2[N+](=O)[O-])c1-c1ccccc1. The van der Waals surface area contributed by atoms with Gasteiger partial charge in [-0.15, -0.1) is 10.2 Å². The van der Waals surface area contributed by atoms with E-state index in [1.54, 1.807) is 36.4 Å². The van der Waals surface area contributed by atoms with Gasteiger partial charge in [0.05, 0.1) is 4.92 Å². The fourth-order valence-corrected chi connectivity index (χ4v) is 2.48. The lowest BCUT2D eigenvalue weighted by molar-refractivity contribution is -0.384. The number of nitrogens with zero attached hydrogens (tertiary/aromatic N) is 4. The van der Waals surface area contributed by atoms with Crippen LogP contribution >= 0.6 is 0 Å². The molecule has 9 nitrogen and oxygen atoms in total. The van der Waals surface area contributed by atoms with E-state index in [4.69, 9.17) is 0 Å². The van der Waals surface area contributed by atoms with Crippen molar-refractivity contribution in [1.82, 2.24) is 4.98 Å². The number of nitro groups is 1. The number of rotatable bonds is 4. The maximum absolute atomic E-state index is 12.3. The van der Waals surface area contributed by atoms with Crippen molar-refractivity contribution in [3.05, 3.63) is 80.6 Å². The van der Waals surface area contributed by atoms with Gasteiger partial charge in [0.25, 0.3) is 11.2 Å². The van der Waals surface area contributed by atoms with E-state index >= 15 is 0 Å². The summed E-state index contributed by atoms with van der Waals surface area (Å²) in [5.74, 6) is -0.592. The van der Waals surface area contributed by atoms with E-state index in [1.807, 2.05) is 6.07 Å². The van der Waals surface area contributed by atoms with Crippen LogP contribution in [0.1, 0.15) is 5.56 Å². The molecular formula is C18H11N5O4. The summed E-state index contributed by atoms with van der Waals surface area (Å²) in [4.78, 5) is 24.9. The Balaban J connectivity index is 2.24. The van der Waals surface area contributed by atoms with Crippen LogP contribution in [-0.4, -0.2) is 15.0 Å². The van der Waals surface area contributed by atoms with Gasteiger partial charge in [0.2, 0.25) is 5.88 Å². The summed E-state index contributed by atoms with van der Waals surface area (Å²) in [6.07, 6.45) is 0. The molecule has 0 aliphatic heterocycles. The number of nitrogens with one attached hydrogen (secondary N) is 1. The molecule has 3 rings (SSSR count). The first-order valence-corrected chi connectivity index (χ1v) is 7.63. The first kappa shape index (κ1) is 17.5. The smallest absolute Gasteiger partial charge is 0.296 e. The monoisotopic (exact) mass is 361 g/mol. The van der Waals surface area contributed by atoms with Crippen molar-refractivity contribution >= 4 is 17.1 Å². The van der Waals surface area contributed by atoms with Gasteiger partial charge >= 0.3 is 0 Å². The third-order valence-electron chi connectivity index (χ3n) is 3.68. The summed E-state index contributed by atoms with van der Waals surface area (Å²) in [5.41, 5.74) is -0.988. The van der Waals surface area contributed by atoms with E-state index in [9.17, 15) is 25.3 Å². The van der Waals surface area contributed by atoms with Crippen LogP contribution in [0.2, 0.25) is 0 Å². The Bertz CT molecular complexity index is 1150. The standard InChI is InChI=1S/C18H11N5O4/c19-10-12-15(11-6-2-1-3-7-11)16(18(25)20-17(12)24)22-21-13-8-4-5-9-14(13)23(26)27/h1-9H,(H2,20,24,25). The number of H-pyrrole nitrogens is 1. The molecule has 0 spiro atoms. The second kappa shape index (κ2) is 7.28. The molecule has 3 aromatic rings. The Morgan fingerprint density at radius 1 is 1.07 bits per heavy atom. The quantitative estimate of drug-likeness (QED) is 0.410. The van der Waals surface area contributed by atoms with E-state index in [0.29, 0.717) is 5.56 Å². The third kappa shape index (κ3) is 3.40. The van der Waals surface area contributed by atoms with Crippen molar-refractivity contribution in [2.75, 3.05) is 0 Å². The highest BCUT2D eigenvalue weighted by Gasteiger charge is 2.20. The minimum Gasteiger partial charge on any atom is -0.494 e. The fraction of sp³-hybridized carbons (Fsp3) is 0. The normalized spacial score (nSPS) is 10.6. The van der Waals surface area contributed by atoms with Gasteiger partial charge in [-0.3, -0.25) is 19.9 Å². The number of pyridine rings is 1. The number of hydrogen-bond acceptors (Lipinski definition) is 7. The molecule has 1 aromatic heterocycles. The first-order chi connectivity index (χ1) is 13.0. The van der Waals surface area contributed by atoms with Crippen molar-refractivity contribution in [2.45, 2.75) is 0 Å². The second-order valence-corrected chi connectivity index (χ2v) is 5.32. The molecule has 0 saturated heterocycles. The van der Waals surface area contributed by atoms with E-state index < -0.39 is 16.4 Å². The number of benzene rings is 2. The van der Waals surface area contributed by atoms with E-state index in [-0.39, 0.29) is 28.2 Å². The zero-order valence-electron chi connectivity index (χ0n) is 13.7. The largest absolute Gasteiger partial charge is 0.494 e. The van der Waals surface area contributed by atoms with Crippen molar-refractivity contribution in [3.8, 4) is 23.1 Å². The van der Waals surface area contributed by atoms with Crippen LogP contribution < -0.4 is 5.56 Å². The molecule has 0 bridgehead atoms. The summed E-state index contributed by atoms with van der Waals surface area (Å²) >= 11 is 0. The van der Waals surface area contributed by atoms with Gasteiger partial charge in [-0.2, -0.15) is 5.26 Å². The molecule has 0 atom stereocenters. The highest BCUT2D eigenvalue weighted by Crippen LogP contribution is 2.35. The van der Waals surface area contributed by atoms with Crippen LogP contribution in [0.15, 0.2) is 69.6 Å². The predicted octanol–water partition coefficient (Wildman–Crippen LogP) is 3.94. The Morgan fingerprint density at radius 3 is 2.41 bits per heavy atom. The molecule has 0 fully saturated rings. The highest BCUT2D eigenvalue weighted by molar-refractivity contribution is 5.82. The molecule has 0 unspecified atom stereocenters. The lowest BCUT2D eigenvalue weighted by Crippen LogP contribution is -2.08. The summed E-state index contributed by atoms with van der Waals surface area (Å²) in [6, 6.07) is 15.9. The number of para-hydroxylation sites is 1. The van der Waals surface area contributed by atoms with Gasteiger partial charge in [0.1, 0.15) is 11.6 Å². The van der Waals surface area contributed by atoms with Gasteiger partial charge < -0.3 is 5.11 Å². The highest BCUT2D eigenvalue weighted by atomic mass is 16.6. The minimum absolute atomic E-state index is 0.0486. The maximum atomic E-state index is 12.3. The Kier molecular flexibility index (Phi) is 4.72. The van der Waals surface area contributed by atoms with Crippen LogP contribution in [-0.2, 0) is 0 Å². The number of aromatic hydroxyl groups is 1. The molecule has 1 heterocycles. The fourth-order valence-electron chi connectivity index (χ4n) is 2.48. The molecule has 0 radical (unpaired) electrons. The van der Waals surface area contributed by atoms with Crippen molar-refractivity contribution in [2.24, 2.45) is 10.2 Å². The number of aromatic nitrogens is 1. The Morgan fingerprint density at radius 2 is 1.74 bits per heavy atom. The molecule has 9 heteroatoms. The van der Waals surface area contributed by atoms with Crippen LogP contribution in [0.3, 0.4) is 0 Å². The van der Waals surface area contributed by atoms with Gasteiger partial charge in [-0.05, 0) is 11.6 Å². The molecule has 2 N–H and O–H groups in total. The molecule has 27 heavy (non-hydrogen) atoms. The summed E-state index contributed by atoms with van der Waals surface area (Å²) in [7, 11) is 0. The van der Waals surface area contributed by atoms with Crippen molar-refractivity contribution in [3.63, 3.8) is 0 Å². The second-order valence-electron chi connectivity index (χ2n) is 5.32. The number of nitriles is 1. The maximum Gasteiger partial charge on any atom is 0.296 e. The van der Waals surface area contributed by atoms with Gasteiger partial charge in [0.15, 0.2) is 11.4 Å². The molecular weight excluding hydrogens is 350 g/mol. The number of aromatic amines is 1. The van der Waals surface area contributed by atoms with E-state index in [2.05, 4.69) is 15.2 Å². The topological polar surface area (TPSA) is 145 Å². The Hall–Kier alpha value is -4.32. The van der Waals surface area contributed by atoms with Crippen molar-refractivity contribution < 1.29 is 10.0 Å². The average molecular weight is 361 g/mol. The van der Waals surface area contributed by atoms with E-state index in [0.717, 1.165) is 0 Å². The van der Waals surface area contributed by atoms with Gasteiger partial charge in [0, 0.05) is 11.6 Å². The summed E-state index contributed by atoms with van der Waals surface area (Å²) in [6.45, 7) is 0. The van der Waals surface area contributed by atoms with Crippen LogP contribution in [0.5, 0.6) is 5.88 Å². The molecule has 0 aliphatic rings.